The molecule has 2 rings (SSSR count). The lowest BCUT2D eigenvalue weighted by atomic mass is 10.1. The van der Waals surface area contributed by atoms with Gasteiger partial charge in [-0.2, -0.15) is 0 Å². The van der Waals surface area contributed by atoms with Crippen molar-refractivity contribution >= 4 is 44.9 Å². The molecule has 0 aliphatic carbocycles. The summed E-state index contributed by atoms with van der Waals surface area (Å²) in [6.07, 6.45) is 0. The predicted octanol–water partition coefficient (Wildman–Crippen LogP) is 4.56. The number of Topliss-reactive ketones (excluding diaryl/α,β-unsaturated/α-hetero) is 1. The van der Waals surface area contributed by atoms with Crippen molar-refractivity contribution in [3.8, 4) is 0 Å². The minimum Gasteiger partial charge on any atom is -0.322 e. The quantitative estimate of drug-likeness (QED) is 0.823. The first kappa shape index (κ1) is 14.8. The highest BCUT2D eigenvalue weighted by Crippen LogP contribution is 2.21. The first-order valence-electron chi connectivity index (χ1n) is 5.84. The van der Waals surface area contributed by atoms with E-state index in [9.17, 15) is 9.59 Å². The number of anilines is 1. The van der Waals surface area contributed by atoms with Gasteiger partial charge in [-0.1, -0.05) is 39.7 Å². The Balaban J connectivity index is 2.23. The highest BCUT2D eigenvalue weighted by atomic mass is 79.9. The molecule has 0 saturated carbocycles. The number of nitrogens with one attached hydrogen (secondary N) is 1. The smallest absolute Gasteiger partial charge is 0.255 e. The maximum atomic E-state index is 12.1. The van der Waals surface area contributed by atoms with Gasteiger partial charge in [0, 0.05) is 26.3 Å². The van der Waals surface area contributed by atoms with Crippen LogP contribution in [-0.2, 0) is 0 Å². The Morgan fingerprint density at radius 1 is 1.10 bits per heavy atom. The number of carbonyl (C=O) groups is 2. The van der Waals surface area contributed by atoms with Gasteiger partial charge in [-0.25, -0.2) is 0 Å². The van der Waals surface area contributed by atoms with E-state index >= 15 is 0 Å². The maximum absolute atomic E-state index is 12.1. The van der Waals surface area contributed by atoms with Crippen LogP contribution in [0.3, 0.4) is 0 Å². The molecule has 1 N–H and O–H groups in total. The van der Waals surface area contributed by atoms with Gasteiger partial charge in [0.15, 0.2) is 5.78 Å². The molecule has 2 aromatic rings. The summed E-state index contributed by atoms with van der Waals surface area (Å²) in [7, 11) is 0. The van der Waals surface area contributed by atoms with Gasteiger partial charge in [0.05, 0.1) is 0 Å². The van der Waals surface area contributed by atoms with Gasteiger partial charge in [0.25, 0.3) is 5.91 Å². The Labute approximate surface area is 130 Å². The lowest BCUT2D eigenvalue weighted by molar-refractivity contribution is 0.101. The number of ketones is 1. The van der Waals surface area contributed by atoms with Crippen LogP contribution in [0.2, 0.25) is 5.02 Å². The maximum Gasteiger partial charge on any atom is 0.255 e. The molecule has 0 aliphatic rings. The Kier molecular flexibility index (Phi) is 4.57. The minimum atomic E-state index is -0.283. The van der Waals surface area contributed by atoms with E-state index in [-0.39, 0.29) is 11.7 Å². The zero-order valence-corrected chi connectivity index (χ0v) is 13.0. The molecule has 0 atom stereocenters. The number of benzene rings is 2. The average molecular weight is 353 g/mol. The Morgan fingerprint density at radius 2 is 1.85 bits per heavy atom. The van der Waals surface area contributed by atoms with Gasteiger partial charge in [-0.15, -0.1) is 0 Å². The molecule has 0 bridgehead atoms. The second-order valence-corrected chi connectivity index (χ2v) is 5.60. The van der Waals surface area contributed by atoms with Gasteiger partial charge >= 0.3 is 0 Å². The van der Waals surface area contributed by atoms with Crippen LogP contribution in [0.5, 0.6) is 0 Å². The van der Waals surface area contributed by atoms with E-state index in [1.54, 1.807) is 42.5 Å². The Bertz CT molecular complexity index is 665. The third kappa shape index (κ3) is 3.68. The summed E-state index contributed by atoms with van der Waals surface area (Å²) in [4.78, 5) is 23.4. The van der Waals surface area contributed by atoms with Crippen LogP contribution in [0.25, 0.3) is 0 Å². The molecule has 0 aliphatic heterocycles. The fourth-order valence-electron chi connectivity index (χ4n) is 1.70. The summed E-state index contributed by atoms with van der Waals surface area (Å²) in [6, 6.07) is 11.7. The molecule has 0 heterocycles. The molecule has 3 nitrogen and oxygen atoms in total. The van der Waals surface area contributed by atoms with Crippen LogP contribution in [0.15, 0.2) is 46.9 Å². The van der Waals surface area contributed by atoms with Crippen molar-refractivity contribution in [2.45, 2.75) is 6.92 Å². The highest BCUT2D eigenvalue weighted by molar-refractivity contribution is 9.10. The van der Waals surface area contributed by atoms with Gasteiger partial charge in [0.2, 0.25) is 0 Å². The lowest BCUT2D eigenvalue weighted by Gasteiger charge is -2.07. The third-order valence-electron chi connectivity index (χ3n) is 2.65. The summed E-state index contributed by atoms with van der Waals surface area (Å²) < 4.78 is 0.729. The number of carbonyl (C=O) groups excluding carboxylic acids is 2. The summed E-state index contributed by atoms with van der Waals surface area (Å²) in [5.74, 6) is -0.333. The van der Waals surface area contributed by atoms with Crippen molar-refractivity contribution in [1.29, 1.82) is 0 Å². The molecule has 0 fully saturated rings. The number of hydrogen-bond acceptors (Lipinski definition) is 2. The number of amides is 1. The van der Waals surface area contributed by atoms with Gasteiger partial charge in [-0.3, -0.25) is 9.59 Å². The summed E-state index contributed by atoms with van der Waals surface area (Å²) in [5, 5.41) is 3.21. The Hall–Kier alpha value is -1.65. The van der Waals surface area contributed by atoms with Gasteiger partial charge in [-0.05, 0) is 37.3 Å². The zero-order valence-electron chi connectivity index (χ0n) is 10.6. The van der Waals surface area contributed by atoms with Crippen LogP contribution in [0, 0.1) is 0 Å². The molecule has 0 aromatic heterocycles. The molecule has 2 aromatic carbocycles. The van der Waals surface area contributed by atoms with Crippen LogP contribution >= 0.6 is 27.5 Å². The zero-order chi connectivity index (χ0) is 14.7. The number of hydrogen-bond donors (Lipinski definition) is 1. The summed E-state index contributed by atoms with van der Waals surface area (Å²) >= 11 is 9.20. The van der Waals surface area contributed by atoms with Crippen LogP contribution in [0.1, 0.15) is 27.6 Å². The van der Waals surface area contributed by atoms with E-state index < -0.39 is 0 Å². The first-order chi connectivity index (χ1) is 9.45. The van der Waals surface area contributed by atoms with Crippen molar-refractivity contribution in [3.05, 3.63) is 63.1 Å². The number of halogens is 2. The van der Waals surface area contributed by atoms with Crippen molar-refractivity contribution in [2.75, 3.05) is 5.32 Å². The van der Waals surface area contributed by atoms with Gasteiger partial charge in [0.1, 0.15) is 0 Å². The van der Waals surface area contributed by atoms with E-state index in [4.69, 9.17) is 11.6 Å². The molecule has 1 amide bonds. The van der Waals surface area contributed by atoms with E-state index in [0.29, 0.717) is 21.8 Å². The van der Waals surface area contributed by atoms with Crippen molar-refractivity contribution < 1.29 is 9.59 Å². The number of rotatable bonds is 3. The molecule has 0 saturated heterocycles. The molecule has 0 spiro atoms. The topological polar surface area (TPSA) is 46.2 Å². The van der Waals surface area contributed by atoms with E-state index in [2.05, 4.69) is 21.2 Å². The normalized spacial score (nSPS) is 10.2. The minimum absolute atomic E-state index is 0.0494. The molecule has 0 unspecified atom stereocenters. The van der Waals surface area contributed by atoms with E-state index in [1.165, 1.54) is 6.92 Å². The largest absolute Gasteiger partial charge is 0.322 e. The second kappa shape index (κ2) is 6.20. The van der Waals surface area contributed by atoms with Crippen LogP contribution in [0.4, 0.5) is 5.69 Å². The highest BCUT2D eigenvalue weighted by Gasteiger charge is 2.09. The monoisotopic (exact) mass is 351 g/mol. The predicted molar refractivity (Wildman–Crippen MR) is 83.6 cm³/mol. The molecule has 0 radical (unpaired) electrons. The fraction of sp³-hybridized carbons (Fsp3) is 0.0667. The molecular formula is C15H11BrClNO2. The third-order valence-corrected chi connectivity index (χ3v) is 3.33. The molecular weight excluding hydrogens is 342 g/mol. The van der Waals surface area contributed by atoms with E-state index in [1.807, 2.05) is 0 Å². The molecule has 20 heavy (non-hydrogen) atoms. The Morgan fingerprint density at radius 3 is 2.50 bits per heavy atom. The van der Waals surface area contributed by atoms with Crippen molar-refractivity contribution in [2.24, 2.45) is 0 Å². The second-order valence-electron chi connectivity index (χ2n) is 4.25. The van der Waals surface area contributed by atoms with E-state index in [0.717, 1.165) is 4.47 Å². The SMILES string of the molecule is CC(=O)c1cccc(NC(=O)c2cc(Cl)cc(Br)c2)c1. The lowest BCUT2D eigenvalue weighted by Crippen LogP contribution is -2.12. The summed E-state index contributed by atoms with van der Waals surface area (Å²) in [5.41, 5.74) is 1.56. The van der Waals surface area contributed by atoms with Crippen molar-refractivity contribution in [1.82, 2.24) is 0 Å². The molecule has 5 heteroatoms. The van der Waals surface area contributed by atoms with Crippen molar-refractivity contribution in [3.63, 3.8) is 0 Å². The summed E-state index contributed by atoms with van der Waals surface area (Å²) in [6.45, 7) is 1.48. The van der Waals surface area contributed by atoms with Crippen LogP contribution in [-0.4, -0.2) is 11.7 Å². The average Bonchev–Trinajstić information content (AvgIpc) is 2.37. The first-order valence-corrected chi connectivity index (χ1v) is 7.01. The molecule has 102 valence electrons. The standard InChI is InChI=1S/C15H11BrClNO2/c1-9(19)10-3-2-4-14(7-10)18-15(20)11-5-12(16)8-13(17)6-11/h2-8H,1H3,(H,18,20). The fourth-order valence-corrected chi connectivity index (χ4v) is 2.56. The van der Waals surface area contributed by atoms with Crippen LogP contribution < -0.4 is 5.32 Å². The van der Waals surface area contributed by atoms with Gasteiger partial charge < -0.3 is 5.32 Å².